The lowest BCUT2D eigenvalue weighted by Crippen LogP contribution is -2.41. The Balaban J connectivity index is 1.49. The zero-order valence-corrected chi connectivity index (χ0v) is 16.4. The SMILES string of the molecule is O=C(OCc1nc2ccccc2s1)C1CCCN1S(=O)(=O)c1ccccc1F. The molecule has 3 aromatic rings. The maximum atomic E-state index is 14.0. The van der Waals surface area contributed by atoms with E-state index in [1.54, 1.807) is 0 Å². The number of thiazole rings is 1. The van der Waals surface area contributed by atoms with Crippen LogP contribution in [0.3, 0.4) is 0 Å². The first-order chi connectivity index (χ1) is 13.5. The van der Waals surface area contributed by atoms with E-state index in [0.717, 1.165) is 20.6 Å². The van der Waals surface area contributed by atoms with E-state index < -0.39 is 32.7 Å². The van der Waals surface area contributed by atoms with E-state index >= 15 is 0 Å². The summed E-state index contributed by atoms with van der Waals surface area (Å²) in [5.74, 6) is -1.48. The summed E-state index contributed by atoms with van der Waals surface area (Å²) >= 11 is 1.42. The second kappa shape index (κ2) is 7.57. The summed E-state index contributed by atoms with van der Waals surface area (Å²) in [5.41, 5.74) is 0.822. The van der Waals surface area contributed by atoms with Crippen LogP contribution in [-0.4, -0.2) is 36.3 Å². The quantitative estimate of drug-likeness (QED) is 0.592. The largest absolute Gasteiger partial charge is 0.457 e. The van der Waals surface area contributed by atoms with Gasteiger partial charge in [-0.15, -0.1) is 11.3 Å². The minimum Gasteiger partial charge on any atom is -0.457 e. The summed E-state index contributed by atoms with van der Waals surface area (Å²) in [6.07, 6.45) is 0.848. The number of aromatic nitrogens is 1. The van der Waals surface area contributed by atoms with Gasteiger partial charge in [-0.05, 0) is 37.1 Å². The molecule has 1 fully saturated rings. The van der Waals surface area contributed by atoms with Gasteiger partial charge in [0.2, 0.25) is 10.0 Å². The molecule has 0 aliphatic carbocycles. The normalized spacial score (nSPS) is 17.8. The molecule has 9 heteroatoms. The summed E-state index contributed by atoms with van der Waals surface area (Å²) in [7, 11) is -4.12. The number of carbonyl (C=O) groups excluding carboxylic acids is 1. The lowest BCUT2D eigenvalue weighted by Gasteiger charge is -2.22. The van der Waals surface area contributed by atoms with Crippen molar-refractivity contribution in [2.75, 3.05) is 6.54 Å². The Hall–Kier alpha value is -2.36. The van der Waals surface area contributed by atoms with Gasteiger partial charge in [0.15, 0.2) is 0 Å². The number of halogens is 1. The van der Waals surface area contributed by atoms with Gasteiger partial charge in [0, 0.05) is 6.54 Å². The molecule has 1 aliphatic rings. The van der Waals surface area contributed by atoms with Gasteiger partial charge in [-0.25, -0.2) is 17.8 Å². The topological polar surface area (TPSA) is 76.6 Å². The number of nitrogens with zero attached hydrogens (tertiary/aromatic N) is 2. The van der Waals surface area contributed by atoms with Crippen LogP contribution in [0.5, 0.6) is 0 Å². The molecule has 0 radical (unpaired) electrons. The number of fused-ring (bicyclic) bond motifs is 1. The van der Waals surface area contributed by atoms with Crippen LogP contribution >= 0.6 is 11.3 Å². The van der Waals surface area contributed by atoms with Crippen molar-refractivity contribution in [3.8, 4) is 0 Å². The van der Waals surface area contributed by atoms with Crippen LogP contribution in [0.15, 0.2) is 53.4 Å². The molecule has 0 bridgehead atoms. The van der Waals surface area contributed by atoms with E-state index in [-0.39, 0.29) is 13.2 Å². The third-order valence-corrected chi connectivity index (χ3v) is 7.53. The van der Waals surface area contributed by atoms with Gasteiger partial charge < -0.3 is 4.74 Å². The van der Waals surface area contributed by atoms with Gasteiger partial charge in [0.05, 0.1) is 10.2 Å². The number of sulfonamides is 1. The molecule has 4 rings (SSSR count). The highest BCUT2D eigenvalue weighted by Gasteiger charge is 2.41. The lowest BCUT2D eigenvalue weighted by molar-refractivity contribution is -0.148. The molecule has 146 valence electrons. The van der Waals surface area contributed by atoms with E-state index in [9.17, 15) is 17.6 Å². The molecule has 2 heterocycles. The Bertz CT molecular complexity index is 1100. The highest BCUT2D eigenvalue weighted by Crippen LogP contribution is 2.29. The minimum absolute atomic E-state index is 0.0255. The van der Waals surface area contributed by atoms with Gasteiger partial charge in [-0.1, -0.05) is 24.3 Å². The average Bonchev–Trinajstić information content (AvgIpc) is 3.33. The van der Waals surface area contributed by atoms with Crippen LogP contribution in [-0.2, 0) is 26.2 Å². The molecule has 1 aromatic heterocycles. The number of hydrogen-bond acceptors (Lipinski definition) is 6. The second-order valence-corrected chi connectivity index (χ2v) is 9.36. The van der Waals surface area contributed by atoms with Crippen molar-refractivity contribution in [1.29, 1.82) is 0 Å². The van der Waals surface area contributed by atoms with E-state index in [1.165, 1.54) is 29.5 Å². The number of ether oxygens (including phenoxy) is 1. The first kappa shape index (κ1) is 19.0. The van der Waals surface area contributed by atoms with Crippen molar-refractivity contribution >= 4 is 37.5 Å². The van der Waals surface area contributed by atoms with Gasteiger partial charge in [-0.2, -0.15) is 4.31 Å². The van der Waals surface area contributed by atoms with Crippen molar-refractivity contribution in [1.82, 2.24) is 9.29 Å². The first-order valence-corrected chi connectivity index (χ1v) is 11.0. The molecule has 1 atom stereocenters. The van der Waals surface area contributed by atoms with Crippen molar-refractivity contribution in [3.63, 3.8) is 0 Å². The Morgan fingerprint density at radius 3 is 2.75 bits per heavy atom. The molecule has 1 saturated heterocycles. The summed E-state index contributed by atoms with van der Waals surface area (Å²) in [5, 5.41) is 0.635. The van der Waals surface area contributed by atoms with Gasteiger partial charge in [0.25, 0.3) is 0 Å². The number of carbonyl (C=O) groups is 1. The molecule has 1 aliphatic heterocycles. The predicted molar refractivity (Wildman–Crippen MR) is 103 cm³/mol. The zero-order valence-electron chi connectivity index (χ0n) is 14.7. The fourth-order valence-corrected chi connectivity index (χ4v) is 5.85. The van der Waals surface area contributed by atoms with Crippen LogP contribution in [0, 0.1) is 5.82 Å². The number of para-hydroxylation sites is 1. The monoisotopic (exact) mass is 420 g/mol. The van der Waals surface area contributed by atoms with Gasteiger partial charge in [0.1, 0.15) is 28.4 Å². The first-order valence-electron chi connectivity index (χ1n) is 8.74. The molecule has 0 amide bonds. The maximum Gasteiger partial charge on any atom is 0.324 e. The van der Waals surface area contributed by atoms with Crippen LogP contribution in [0.2, 0.25) is 0 Å². The average molecular weight is 420 g/mol. The van der Waals surface area contributed by atoms with Gasteiger partial charge >= 0.3 is 5.97 Å². The van der Waals surface area contributed by atoms with E-state index in [0.29, 0.717) is 17.8 Å². The Labute approximate surface area is 165 Å². The zero-order chi connectivity index (χ0) is 19.7. The Morgan fingerprint density at radius 1 is 1.21 bits per heavy atom. The van der Waals surface area contributed by atoms with Crippen LogP contribution in [0.4, 0.5) is 4.39 Å². The molecule has 0 spiro atoms. The molecule has 28 heavy (non-hydrogen) atoms. The Kier molecular flexibility index (Phi) is 5.13. The summed E-state index contributed by atoms with van der Waals surface area (Å²) < 4.78 is 47.0. The molecule has 2 aromatic carbocycles. The van der Waals surface area contributed by atoms with Crippen molar-refractivity contribution < 1.29 is 22.3 Å². The highest BCUT2D eigenvalue weighted by atomic mass is 32.2. The highest BCUT2D eigenvalue weighted by molar-refractivity contribution is 7.89. The smallest absolute Gasteiger partial charge is 0.324 e. The fourth-order valence-electron chi connectivity index (χ4n) is 3.25. The number of rotatable bonds is 5. The van der Waals surface area contributed by atoms with Crippen LogP contribution < -0.4 is 0 Å². The van der Waals surface area contributed by atoms with E-state index in [2.05, 4.69) is 4.98 Å². The lowest BCUT2D eigenvalue weighted by atomic mass is 10.2. The molecule has 0 N–H and O–H groups in total. The Morgan fingerprint density at radius 2 is 1.96 bits per heavy atom. The molecular formula is C19H17FN2O4S2. The summed E-state index contributed by atoms with van der Waals surface area (Å²) in [4.78, 5) is 16.5. The minimum atomic E-state index is -4.12. The molecule has 0 saturated carbocycles. The maximum absolute atomic E-state index is 14.0. The third-order valence-electron chi connectivity index (χ3n) is 4.58. The number of hydrogen-bond donors (Lipinski definition) is 0. The van der Waals surface area contributed by atoms with Crippen molar-refractivity contribution in [2.24, 2.45) is 0 Å². The third kappa shape index (κ3) is 3.52. The standard InChI is InChI=1S/C19H17FN2O4S2/c20-13-6-1-4-10-17(13)28(24,25)22-11-5-8-15(22)19(23)26-12-18-21-14-7-2-3-9-16(14)27-18/h1-4,6-7,9-10,15H,5,8,11-12H2. The predicted octanol–water partition coefficient (Wildman–Crippen LogP) is 3.33. The summed E-state index contributed by atoms with van der Waals surface area (Å²) in [6.45, 7) is 0.125. The number of benzene rings is 2. The van der Waals surface area contributed by atoms with E-state index in [1.807, 2.05) is 24.3 Å². The van der Waals surface area contributed by atoms with E-state index in [4.69, 9.17) is 4.74 Å². The van der Waals surface area contributed by atoms with Crippen molar-refractivity contribution in [3.05, 3.63) is 59.4 Å². The molecular weight excluding hydrogens is 403 g/mol. The fraction of sp³-hybridized carbons (Fsp3) is 0.263. The number of esters is 1. The van der Waals surface area contributed by atoms with Crippen LogP contribution in [0.1, 0.15) is 17.8 Å². The summed E-state index contributed by atoms with van der Waals surface area (Å²) in [6, 6.07) is 11.8. The van der Waals surface area contributed by atoms with Crippen molar-refractivity contribution in [2.45, 2.75) is 30.4 Å². The second-order valence-electron chi connectivity index (χ2n) is 6.39. The molecule has 1 unspecified atom stereocenters. The van der Waals surface area contributed by atoms with Gasteiger partial charge in [-0.3, -0.25) is 4.79 Å². The molecule has 6 nitrogen and oxygen atoms in total. The van der Waals surface area contributed by atoms with Crippen LogP contribution in [0.25, 0.3) is 10.2 Å².